The molecule has 0 saturated heterocycles. The van der Waals surface area contributed by atoms with E-state index in [2.05, 4.69) is 41.5 Å². The van der Waals surface area contributed by atoms with Crippen LogP contribution in [0.15, 0.2) is 0 Å². The average molecular weight is 609 g/mol. The molecule has 0 nitrogen and oxygen atoms in total. The van der Waals surface area contributed by atoms with Gasteiger partial charge < -0.3 is 0 Å². The summed E-state index contributed by atoms with van der Waals surface area (Å²) in [5.74, 6) is 0. The van der Waals surface area contributed by atoms with Crippen molar-refractivity contribution in [2.45, 2.75) is 279 Å². The molecule has 0 heteroatoms. The van der Waals surface area contributed by atoms with E-state index in [0.29, 0.717) is 0 Å². The highest BCUT2D eigenvalue weighted by Crippen LogP contribution is 2.14. The second kappa shape index (κ2) is 51.6. The van der Waals surface area contributed by atoms with Crippen molar-refractivity contribution < 1.29 is 0 Å². The maximum Gasteiger partial charge on any atom is -0.0533 e. The molecule has 0 saturated carbocycles. The molecule has 0 N–H and O–H groups in total. The van der Waals surface area contributed by atoms with E-state index in [0.717, 1.165) is 0 Å². The monoisotopic (exact) mass is 609 g/mol. The molecule has 0 fully saturated rings. The van der Waals surface area contributed by atoms with Gasteiger partial charge in [-0.3, -0.25) is 0 Å². The molecule has 0 aromatic heterocycles. The summed E-state index contributed by atoms with van der Waals surface area (Å²) >= 11 is 0. The Bertz CT molecular complexity index is 321. The fourth-order valence-corrected chi connectivity index (χ4v) is 5.92. The third-order valence-corrected chi connectivity index (χ3v) is 9.12. The molecule has 0 bridgehead atoms. The molecule has 0 aromatic carbocycles. The van der Waals surface area contributed by atoms with Crippen molar-refractivity contribution in [1.29, 1.82) is 0 Å². The van der Waals surface area contributed by atoms with Crippen molar-refractivity contribution in [2.24, 2.45) is 0 Å². The van der Waals surface area contributed by atoms with Crippen molar-refractivity contribution in [3.8, 4) is 0 Å². The first-order valence-corrected chi connectivity index (χ1v) is 21.2. The zero-order chi connectivity index (χ0) is 32.2. The van der Waals surface area contributed by atoms with Crippen LogP contribution in [0.5, 0.6) is 0 Å². The summed E-state index contributed by atoms with van der Waals surface area (Å²) < 4.78 is 0. The van der Waals surface area contributed by atoms with E-state index in [4.69, 9.17) is 0 Å². The van der Waals surface area contributed by atoms with Gasteiger partial charge in [0.1, 0.15) is 0 Å². The zero-order valence-electron chi connectivity index (χ0n) is 32.2. The Morgan fingerprint density at radius 1 is 0.116 bits per heavy atom. The van der Waals surface area contributed by atoms with Crippen LogP contribution >= 0.6 is 0 Å². The summed E-state index contributed by atoms with van der Waals surface area (Å²) in [4.78, 5) is 0. The van der Waals surface area contributed by atoms with Crippen LogP contribution in [0.3, 0.4) is 0 Å². The summed E-state index contributed by atoms with van der Waals surface area (Å²) in [5.41, 5.74) is 0. The maximum absolute atomic E-state index is 2.29. The van der Waals surface area contributed by atoms with Gasteiger partial charge in [-0.05, 0) is 0 Å². The molecule has 0 rings (SSSR count). The number of hydrogen-bond acceptors (Lipinski definition) is 0. The van der Waals surface area contributed by atoms with Gasteiger partial charge in [-0.15, -0.1) is 0 Å². The highest BCUT2D eigenvalue weighted by molar-refractivity contribution is 4.50. The predicted octanol–water partition coefficient (Wildman–Crippen LogP) is 17.5. The lowest BCUT2D eigenvalue weighted by molar-refractivity contribution is 0.534. The minimum atomic E-state index is 1.37. The molecular formula is C43H92. The fraction of sp³-hybridized carbons (Fsp3) is 1.00. The van der Waals surface area contributed by atoms with Gasteiger partial charge in [0, 0.05) is 0 Å². The van der Waals surface area contributed by atoms with Crippen molar-refractivity contribution in [2.75, 3.05) is 0 Å². The van der Waals surface area contributed by atoms with Crippen LogP contribution in [0.2, 0.25) is 0 Å². The van der Waals surface area contributed by atoms with E-state index >= 15 is 0 Å². The molecule has 0 heterocycles. The molecule has 0 radical (unpaired) electrons. The highest BCUT2D eigenvalue weighted by atomic mass is 14.0. The molecule has 43 heavy (non-hydrogen) atoms. The van der Waals surface area contributed by atoms with E-state index in [1.165, 1.54) is 238 Å². The quantitative estimate of drug-likeness (QED) is 0.0637. The Morgan fingerprint density at radius 2 is 0.186 bits per heavy atom. The highest BCUT2D eigenvalue weighted by Gasteiger charge is 1.95. The first-order chi connectivity index (χ1) is 21.2. The molecule has 0 atom stereocenters. The van der Waals surface area contributed by atoms with Crippen LogP contribution in [0.25, 0.3) is 0 Å². The summed E-state index contributed by atoms with van der Waals surface area (Å²) in [6, 6.07) is 0. The van der Waals surface area contributed by atoms with Crippen LogP contribution in [-0.2, 0) is 0 Å². The number of rotatable bonds is 34. The lowest BCUT2D eigenvalue weighted by Crippen LogP contribution is -1.82. The van der Waals surface area contributed by atoms with E-state index in [-0.39, 0.29) is 0 Å². The Labute approximate surface area is 278 Å². The first kappa shape index (κ1) is 47.4. The number of unbranched alkanes of at least 4 members (excludes halogenated alkanes) is 34. The summed E-state index contributed by atoms with van der Waals surface area (Å²) in [6.07, 6.45) is 53.8. The minimum absolute atomic E-state index is 1.37. The van der Waals surface area contributed by atoms with E-state index in [1.54, 1.807) is 0 Å². The molecule has 0 aliphatic carbocycles. The van der Waals surface area contributed by atoms with E-state index in [1.807, 2.05) is 0 Å². The Balaban J connectivity index is -0.000000586. The lowest BCUT2D eigenvalue weighted by atomic mass is 10.0. The van der Waals surface area contributed by atoms with E-state index < -0.39 is 0 Å². The van der Waals surface area contributed by atoms with Crippen LogP contribution in [0.4, 0.5) is 0 Å². The third-order valence-electron chi connectivity index (χ3n) is 9.12. The van der Waals surface area contributed by atoms with Gasteiger partial charge in [-0.25, -0.2) is 0 Å². The van der Waals surface area contributed by atoms with Crippen LogP contribution in [0.1, 0.15) is 279 Å². The van der Waals surface area contributed by atoms with Crippen molar-refractivity contribution in [3.05, 3.63) is 0 Å². The normalized spacial score (nSPS) is 10.7. The Kier molecular flexibility index (Phi) is 56.9. The smallest absolute Gasteiger partial charge is 0.0533 e. The molecule has 0 spiro atoms. The van der Waals surface area contributed by atoms with Gasteiger partial charge in [-0.2, -0.15) is 0 Å². The van der Waals surface area contributed by atoms with Crippen molar-refractivity contribution >= 4 is 0 Å². The first-order valence-electron chi connectivity index (χ1n) is 21.2. The maximum atomic E-state index is 2.29. The summed E-state index contributed by atoms with van der Waals surface area (Å²) in [7, 11) is 0. The van der Waals surface area contributed by atoms with Gasteiger partial charge in [-0.1, -0.05) is 279 Å². The van der Waals surface area contributed by atoms with Gasteiger partial charge >= 0.3 is 0 Å². The predicted molar refractivity (Wildman–Crippen MR) is 205 cm³/mol. The van der Waals surface area contributed by atoms with Gasteiger partial charge in [0.15, 0.2) is 0 Å². The average Bonchev–Trinajstić information content (AvgIpc) is 3.02. The minimum Gasteiger partial charge on any atom is -0.0654 e. The van der Waals surface area contributed by atoms with Gasteiger partial charge in [0.25, 0.3) is 0 Å². The molecular weight excluding hydrogens is 516 g/mol. The fourth-order valence-electron chi connectivity index (χ4n) is 5.92. The van der Waals surface area contributed by atoms with Gasteiger partial charge in [0.05, 0.1) is 0 Å². The second-order valence-electron chi connectivity index (χ2n) is 14.0. The lowest BCUT2D eigenvalue weighted by Gasteiger charge is -2.02. The topological polar surface area (TPSA) is 0 Å². The molecule has 0 aliphatic heterocycles. The summed E-state index contributed by atoms with van der Waals surface area (Å²) in [5, 5.41) is 0. The molecule has 0 aliphatic rings. The van der Waals surface area contributed by atoms with Crippen LogP contribution < -0.4 is 0 Å². The second-order valence-corrected chi connectivity index (χ2v) is 14.0. The van der Waals surface area contributed by atoms with Crippen molar-refractivity contribution in [3.63, 3.8) is 0 Å². The zero-order valence-corrected chi connectivity index (χ0v) is 32.2. The number of hydrogen-bond donors (Lipinski definition) is 0. The van der Waals surface area contributed by atoms with Crippen LogP contribution in [-0.4, -0.2) is 0 Å². The summed E-state index contributed by atoms with van der Waals surface area (Å²) in [6.45, 7) is 13.7. The standard InChI is InChI=1S/2C17H36.C9H20/c2*1-3-5-7-9-11-13-15-17-16-14-12-10-8-6-4-2;1-3-5-7-9-8-6-4-2/h2*3-17H2,1-2H3;3-9H2,1-2H3. The Hall–Kier alpha value is 0. The SMILES string of the molecule is CCCCCCCCC.CCCCCCCCCCCCCCCCC.CCCCCCCCCCCCCCCCC. The van der Waals surface area contributed by atoms with E-state index in [9.17, 15) is 0 Å². The molecule has 264 valence electrons. The van der Waals surface area contributed by atoms with Gasteiger partial charge in [0.2, 0.25) is 0 Å². The largest absolute Gasteiger partial charge is 0.0654 e. The third kappa shape index (κ3) is 58.1. The Morgan fingerprint density at radius 3 is 0.256 bits per heavy atom. The molecule has 0 aromatic rings. The van der Waals surface area contributed by atoms with Crippen LogP contribution in [0, 0.1) is 0 Å². The molecule has 0 amide bonds. The van der Waals surface area contributed by atoms with Crippen molar-refractivity contribution in [1.82, 2.24) is 0 Å². The molecule has 0 unspecified atom stereocenters.